The van der Waals surface area contributed by atoms with Crippen LogP contribution in [0.5, 0.6) is 0 Å². The van der Waals surface area contributed by atoms with Crippen LogP contribution >= 0.6 is 15.9 Å². The maximum absolute atomic E-state index is 12.8. The Balaban J connectivity index is 1.52. The highest BCUT2D eigenvalue weighted by Crippen LogP contribution is 2.32. The van der Waals surface area contributed by atoms with E-state index in [9.17, 15) is 9.59 Å². The van der Waals surface area contributed by atoms with Gasteiger partial charge in [-0.2, -0.15) is 0 Å². The number of hydrogen-bond donors (Lipinski definition) is 0. The zero-order chi connectivity index (χ0) is 20.1. The summed E-state index contributed by atoms with van der Waals surface area (Å²) in [6, 6.07) is 20.4. The van der Waals surface area contributed by atoms with Gasteiger partial charge in [-0.3, -0.25) is 19.1 Å². The molecule has 1 aliphatic rings. The van der Waals surface area contributed by atoms with Crippen molar-refractivity contribution in [2.45, 2.75) is 13.0 Å². The minimum atomic E-state index is -0.386. The van der Waals surface area contributed by atoms with Gasteiger partial charge in [-0.1, -0.05) is 40.2 Å². The Kier molecular flexibility index (Phi) is 4.10. The van der Waals surface area contributed by atoms with Crippen molar-refractivity contribution in [3.05, 3.63) is 94.2 Å². The number of rotatable bonds is 3. The van der Waals surface area contributed by atoms with E-state index < -0.39 is 0 Å². The molecule has 29 heavy (non-hydrogen) atoms. The minimum absolute atomic E-state index is 0.252. The lowest BCUT2D eigenvalue weighted by molar-refractivity contribution is 0.0595. The Morgan fingerprint density at radius 3 is 2.31 bits per heavy atom. The smallest absolute Gasteiger partial charge is 0.262 e. The lowest BCUT2D eigenvalue weighted by Gasteiger charge is -2.23. The van der Waals surface area contributed by atoms with Crippen LogP contribution in [0, 0.1) is 0 Å². The molecule has 0 spiro atoms. The van der Waals surface area contributed by atoms with Gasteiger partial charge in [-0.05, 0) is 55.0 Å². The predicted octanol–water partition coefficient (Wildman–Crippen LogP) is 5.15. The predicted molar refractivity (Wildman–Crippen MR) is 114 cm³/mol. The zero-order valence-electron chi connectivity index (χ0n) is 15.5. The molecule has 0 saturated heterocycles. The third-order valence-electron chi connectivity index (χ3n) is 5.35. The first-order valence-electron chi connectivity index (χ1n) is 9.24. The summed E-state index contributed by atoms with van der Waals surface area (Å²) in [7, 11) is 0. The Morgan fingerprint density at radius 1 is 0.897 bits per heavy atom. The summed E-state index contributed by atoms with van der Waals surface area (Å²) in [5.74, 6) is -0.504. The van der Waals surface area contributed by atoms with Gasteiger partial charge in [0.25, 0.3) is 11.8 Å². The van der Waals surface area contributed by atoms with Crippen LogP contribution in [0.2, 0.25) is 0 Å². The van der Waals surface area contributed by atoms with Crippen molar-refractivity contribution in [3.8, 4) is 5.69 Å². The number of benzene rings is 3. The first-order valence-corrected chi connectivity index (χ1v) is 10.0. The topological polar surface area (TPSA) is 55.2 Å². The van der Waals surface area contributed by atoms with E-state index in [1.54, 1.807) is 30.6 Å². The molecular formula is C23H16BrN3O2. The van der Waals surface area contributed by atoms with Gasteiger partial charge in [0.05, 0.1) is 28.2 Å². The number of hydrogen-bond acceptors (Lipinski definition) is 3. The Labute approximate surface area is 175 Å². The highest BCUT2D eigenvalue weighted by Gasteiger charge is 2.38. The third-order valence-corrected chi connectivity index (χ3v) is 5.85. The number of fused-ring (bicyclic) bond motifs is 2. The van der Waals surface area contributed by atoms with Crippen LogP contribution in [0.4, 0.5) is 0 Å². The van der Waals surface area contributed by atoms with E-state index in [2.05, 4.69) is 20.9 Å². The maximum Gasteiger partial charge on any atom is 0.262 e. The largest absolute Gasteiger partial charge is 0.299 e. The Hall–Kier alpha value is -3.25. The molecule has 5 nitrogen and oxygen atoms in total. The molecule has 4 aromatic rings. The Morgan fingerprint density at radius 2 is 1.62 bits per heavy atom. The third kappa shape index (κ3) is 2.79. The van der Waals surface area contributed by atoms with Gasteiger partial charge in [-0.25, -0.2) is 4.98 Å². The molecule has 1 unspecified atom stereocenters. The summed E-state index contributed by atoms with van der Waals surface area (Å²) < 4.78 is 3.00. The van der Waals surface area contributed by atoms with Crippen molar-refractivity contribution in [1.82, 2.24) is 14.5 Å². The fourth-order valence-electron chi connectivity index (χ4n) is 3.83. The average Bonchev–Trinajstić information content (AvgIpc) is 3.27. The maximum atomic E-state index is 12.8. The van der Waals surface area contributed by atoms with E-state index >= 15 is 0 Å². The normalized spacial score (nSPS) is 14.5. The standard InChI is InChI=1S/C23H16BrN3O2/c1-14(27-22(28)18-7-2-3-8-19(18)23(27)29)15-9-10-21-20(11-15)25-13-26(21)17-6-4-5-16(24)12-17/h2-14H,1H3. The van der Waals surface area contributed by atoms with Crippen molar-refractivity contribution in [2.24, 2.45) is 0 Å². The second-order valence-corrected chi connectivity index (χ2v) is 7.96. The molecule has 1 atom stereocenters. The molecule has 0 fully saturated rings. The fraction of sp³-hybridized carbons (Fsp3) is 0.0870. The number of imide groups is 1. The number of carbonyl (C=O) groups is 2. The first kappa shape index (κ1) is 17.8. The molecule has 142 valence electrons. The van der Waals surface area contributed by atoms with Crippen LogP contribution in [0.25, 0.3) is 16.7 Å². The monoisotopic (exact) mass is 445 g/mol. The molecule has 6 heteroatoms. The van der Waals surface area contributed by atoms with E-state index in [0.29, 0.717) is 11.1 Å². The molecule has 0 saturated carbocycles. The quantitative estimate of drug-likeness (QED) is 0.410. The molecule has 1 aromatic heterocycles. The molecule has 2 amide bonds. The van der Waals surface area contributed by atoms with Crippen LogP contribution < -0.4 is 0 Å². The van der Waals surface area contributed by atoms with E-state index in [1.807, 2.05) is 54.0 Å². The lowest BCUT2D eigenvalue weighted by Crippen LogP contribution is -2.32. The Bertz CT molecular complexity index is 1260. The lowest BCUT2D eigenvalue weighted by atomic mass is 10.1. The summed E-state index contributed by atoms with van der Waals surface area (Å²) >= 11 is 3.50. The second kappa shape index (κ2) is 6.67. The SMILES string of the molecule is CC(c1ccc2c(c1)ncn2-c1cccc(Br)c1)N1C(=O)c2ccccc2C1=O. The number of carbonyl (C=O) groups excluding carboxylic acids is 2. The highest BCUT2D eigenvalue weighted by molar-refractivity contribution is 9.10. The molecule has 0 N–H and O–H groups in total. The van der Waals surface area contributed by atoms with Crippen LogP contribution in [0.1, 0.15) is 39.2 Å². The average molecular weight is 446 g/mol. The molecular weight excluding hydrogens is 430 g/mol. The van der Waals surface area contributed by atoms with Gasteiger partial charge in [0.2, 0.25) is 0 Å². The number of nitrogens with zero attached hydrogens (tertiary/aromatic N) is 3. The van der Waals surface area contributed by atoms with Crippen LogP contribution in [0.3, 0.4) is 0 Å². The zero-order valence-corrected chi connectivity index (χ0v) is 17.1. The van der Waals surface area contributed by atoms with Gasteiger partial charge in [0.1, 0.15) is 6.33 Å². The highest BCUT2D eigenvalue weighted by atomic mass is 79.9. The summed E-state index contributed by atoms with van der Waals surface area (Å²) in [6.07, 6.45) is 1.78. The summed E-state index contributed by atoms with van der Waals surface area (Å²) in [4.78, 5) is 31.4. The van der Waals surface area contributed by atoms with Gasteiger partial charge in [-0.15, -0.1) is 0 Å². The van der Waals surface area contributed by atoms with Crippen molar-refractivity contribution in [1.29, 1.82) is 0 Å². The summed E-state index contributed by atoms with van der Waals surface area (Å²) in [5.41, 5.74) is 4.57. The number of imidazole rings is 1. The van der Waals surface area contributed by atoms with E-state index in [0.717, 1.165) is 26.8 Å². The van der Waals surface area contributed by atoms with Crippen LogP contribution in [-0.2, 0) is 0 Å². The molecule has 3 aromatic carbocycles. The number of amides is 2. The van der Waals surface area contributed by atoms with E-state index in [-0.39, 0.29) is 17.9 Å². The fourth-order valence-corrected chi connectivity index (χ4v) is 4.22. The van der Waals surface area contributed by atoms with Crippen molar-refractivity contribution in [2.75, 3.05) is 0 Å². The summed E-state index contributed by atoms with van der Waals surface area (Å²) in [5, 5.41) is 0. The van der Waals surface area contributed by atoms with Crippen molar-refractivity contribution >= 4 is 38.8 Å². The molecule has 2 heterocycles. The first-order chi connectivity index (χ1) is 14.0. The minimum Gasteiger partial charge on any atom is -0.299 e. The van der Waals surface area contributed by atoms with Gasteiger partial charge < -0.3 is 0 Å². The van der Waals surface area contributed by atoms with Gasteiger partial charge in [0, 0.05) is 10.2 Å². The van der Waals surface area contributed by atoms with Gasteiger partial charge >= 0.3 is 0 Å². The molecule has 1 aliphatic heterocycles. The van der Waals surface area contributed by atoms with Crippen LogP contribution in [-0.4, -0.2) is 26.3 Å². The molecule has 5 rings (SSSR count). The number of halogens is 1. The van der Waals surface area contributed by atoms with Crippen molar-refractivity contribution < 1.29 is 9.59 Å². The molecule has 0 bridgehead atoms. The molecule has 0 radical (unpaired) electrons. The van der Waals surface area contributed by atoms with Gasteiger partial charge in [0.15, 0.2) is 0 Å². The van der Waals surface area contributed by atoms with Crippen LogP contribution in [0.15, 0.2) is 77.5 Å². The van der Waals surface area contributed by atoms with E-state index in [1.165, 1.54) is 4.90 Å². The number of aromatic nitrogens is 2. The second-order valence-electron chi connectivity index (χ2n) is 7.04. The molecule has 0 aliphatic carbocycles. The van der Waals surface area contributed by atoms with Crippen molar-refractivity contribution in [3.63, 3.8) is 0 Å². The summed E-state index contributed by atoms with van der Waals surface area (Å²) in [6.45, 7) is 1.87. The van der Waals surface area contributed by atoms with E-state index in [4.69, 9.17) is 0 Å².